The van der Waals surface area contributed by atoms with Crippen molar-refractivity contribution in [2.75, 3.05) is 41.4 Å². The van der Waals surface area contributed by atoms with Gasteiger partial charge in [0.25, 0.3) is 0 Å². The van der Waals surface area contributed by atoms with E-state index in [0.29, 0.717) is 12.0 Å². The zero-order valence-electron chi connectivity index (χ0n) is 31.1. The standard InChI is InChI=1S/C36H62N6O7/c1-11-22(4)32(41(8)30(44)19-39-36(47)31(38-7)21(2)3)28(48-9)18-29(43)42-20-26(37)17-27(42)34(49-10)23(5)35(46)40-24(6)33(45)25-15-13-12-14-16-25/h12-16,21-24,26-28,31-34,38,45H,11,17-20,37H2,1-10H3,(H,39,47)(H,40,46). The van der Waals surface area contributed by atoms with Gasteiger partial charge in [-0.05, 0) is 37.8 Å². The number of amides is 4. The van der Waals surface area contributed by atoms with Crippen LogP contribution >= 0.6 is 0 Å². The van der Waals surface area contributed by atoms with Gasteiger partial charge in [-0.25, -0.2) is 0 Å². The van der Waals surface area contributed by atoms with E-state index in [2.05, 4.69) is 16.0 Å². The maximum absolute atomic E-state index is 14.0. The van der Waals surface area contributed by atoms with Crippen molar-refractivity contribution in [2.45, 2.75) is 109 Å². The van der Waals surface area contributed by atoms with E-state index < -0.39 is 48.4 Å². The summed E-state index contributed by atoms with van der Waals surface area (Å²) in [6.45, 7) is 11.5. The van der Waals surface area contributed by atoms with Crippen molar-refractivity contribution in [1.29, 1.82) is 0 Å². The van der Waals surface area contributed by atoms with Crippen LogP contribution in [0.15, 0.2) is 30.3 Å². The highest BCUT2D eigenvalue weighted by molar-refractivity contribution is 5.87. The van der Waals surface area contributed by atoms with Gasteiger partial charge in [0.15, 0.2) is 0 Å². The number of benzene rings is 1. The Morgan fingerprint density at radius 2 is 1.67 bits per heavy atom. The fourth-order valence-electron chi connectivity index (χ4n) is 6.92. The predicted molar refractivity (Wildman–Crippen MR) is 189 cm³/mol. The molecule has 6 N–H and O–H groups in total. The second-order valence-electron chi connectivity index (χ2n) is 13.8. The van der Waals surface area contributed by atoms with Gasteiger partial charge in [-0.3, -0.25) is 19.2 Å². The Labute approximate surface area is 293 Å². The maximum atomic E-state index is 14.0. The topological polar surface area (TPSA) is 176 Å². The summed E-state index contributed by atoms with van der Waals surface area (Å²) in [5, 5.41) is 19.4. The number of likely N-dealkylation sites (N-methyl/N-ethyl adjacent to an activating group) is 2. The van der Waals surface area contributed by atoms with Gasteiger partial charge >= 0.3 is 0 Å². The summed E-state index contributed by atoms with van der Waals surface area (Å²) in [4.78, 5) is 56.8. The Morgan fingerprint density at radius 3 is 2.20 bits per heavy atom. The number of nitrogens with two attached hydrogens (primary N) is 1. The number of hydrogen-bond acceptors (Lipinski definition) is 9. The number of hydrogen-bond donors (Lipinski definition) is 5. The zero-order valence-corrected chi connectivity index (χ0v) is 31.1. The molecule has 10 unspecified atom stereocenters. The van der Waals surface area contributed by atoms with Gasteiger partial charge in [0.05, 0.1) is 61.4 Å². The molecule has 49 heavy (non-hydrogen) atoms. The lowest BCUT2D eigenvalue weighted by Crippen LogP contribution is -2.55. The fraction of sp³-hybridized carbons (Fsp3) is 0.722. The smallest absolute Gasteiger partial charge is 0.242 e. The van der Waals surface area contributed by atoms with Gasteiger partial charge in [-0.2, -0.15) is 0 Å². The average Bonchev–Trinajstić information content (AvgIpc) is 3.47. The Morgan fingerprint density at radius 1 is 1.04 bits per heavy atom. The van der Waals surface area contributed by atoms with E-state index in [9.17, 15) is 24.3 Å². The van der Waals surface area contributed by atoms with Crippen LogP contribution in [-0.4, -0.2) is 122 Å². The number of aliphatic hydroxyl groups excluding tert-OH is 1. The summed E-state index contributed by atoms with van der Waals surface area (Å²) < 4.78 is 11.8. The molecule has 1 aliphatic rings. The van der Waals surface area contributed by atoms with Crippen LogP contribution in [0.4, 0.5) is 0 Å². The van der Waals surface area contributed by atoms with Crippen molar-refractivity contribution in [2.24, 2.45) is 23.5 Å². The monoisotopic (exact) mass is 690 g/mol. The largest absolute Gasteiger partial charge is 0.386 e. The predicted octanol–water partition coefficient (Wildman–Crippen LogP) is 1.44. The average molecular weight is 691 g/mol. The van der Waals surface area contributed by atoms with Gasteiger partial charge in [0.1, 0.15) is 0 Å². The molecule has 1 aromatic rings. The summed E-state index contributed by atoms with van der Waals surface area (Å²) in [7, 11) is 6.42. The molecule has 1 aromatic carbocycles. The molecule has 1 saturated heterocycles. The number of carbonyl (C=O) groups is 4. The van der Waals surface area contributed by atoms with Gasteiger partial charge in [-0.1, -0.05) is 71.4 Å². The number of rotatable bonds is 19. The molecule has 13 nitrogen and oxygen atoms in total. The number of aliphatic hydroxyl groups is 1. The van der Waals surface area contributed by atoms with Crippen LogP contribution < -0.4 is 21.7 Å². The van der Waals surface area contributed by atoms with Crippen molar-refractivity contribution < 1.29 is 33.8 Å². The first-order valence-corrected chi connectivity index (χ1v) is 17.5. The Kier molecular flexibility index (Phi) is 17.1. The van der Waals surface area contributed by atoms with Crippen molar-refractivity contribution in [1.82, 2.24) is 25.8 Å². The summed E-state index contributed by atoms with van der Waals surface area (Å²) in [6.07, 6.45) is -1.06. The highest BCUT2D eigenvalue weighted by atomic mass is 16.5. The van der Waals surface area contributed by atoms with E-state index in [-0.39, 0.29) is 61.0 Å². The first-order valence-electron chi connectivity index (χ1n) is 17.5. The molecule has 0 spiro atoms. The van der Waals surface area contributed by atoms with Gasteiger partial charge in [-0.15, -0.1) is 0 Å². The SMILES string of the molecule is CCC(C)C(C(CC(=O)N1CC(N)CC1C(OC)C(C)C(=O)NC(C)C(O)c1ccccc1)OC)N(C)C(=O)CNC(=O)C(NC)C(C)C. The number of carbonyl (C=O) groups excluding carboxylic acids is 4. The Hall–Kier alpha value is -3.10. The summed E-state index contributed by atoms with van der Waals surface area (Å²) in [5.74, 6) is -1.72. The van der Waals surface area contributed by atoms with Crippen LogP contribution in [-0.2, 0) is 28.7 Å². The van der Waals surface area contributed by atoms with E-state index in [1.165, 1.54) is 14.2 Å². The van der Waals surface area contributed by atoms with E-state index in [1.807, 2.05) is 45.9 Å². The minimum absolute atomic E-state index is 0.0226. The number of likely N-dealkylation sites (tertiary alicyclic amines) is 1. The molecule has 1 heterocycles. The van der Waals surface area contributed by atoms with Crippen LogP contribution in [0.25, 0.3) is 0 Å². The van der Waals surface area contributed by atoms with Gasteiger partial charge < -0.3 is 46.1 Å². The van der Waals surface area contributed by atoms with Gasteiger partial charge in [0, 0.05) is 33.9 Å². The maximum Gasteiger partial charge on any atom is 0.242 e. The molecule has 13 heteroatoms. The fourth-order valence-corrected chi connectivity index (χ4v) is 6.92. The molecule has 4 amide bonds. The number of methoxy groups -OCH3 is 2. The number of nitrogens with one attached hydrogen (secondary N) is 3. The highest BCUT2D eigenvalue weighted by Crippen LogP contribution is 2.29. The van der Waals surface area contributed by atoms with E-state index >= 15 is 0 Å². The lowest BCUT2D eigenvalue weighted by molar-refractivity contribution is -0.146. The highest BCUT2D eigenvalue weighted by Gasteiger charge is 2.44. The molecule has 278 valence electrons. The number of ether oxygens (including phenoxy) is 2. The second kappa shape index (κ2) is 19.9. The molecule has 1 fully saturated rings. The quantitative estimate of drug-likeness (QED) is 0.144. The van der Waals surface area contributed by atoms with Crippen molar-refractivity contribution >= 4 is 23.6 Å². The molecule has 0 bridgehead atoms. The van der Waals surface area contributed by atoms with Crippen LogP contribution in [0.2, 0.25) is 0 Å². The molecule has 0 aliphatic carbocycles. The minimum atomic E-state index is -0.896. The molecule has 0 radical (unpaired) electrons. The minimum Gasteiger partial charge on any atom is -0.386 e. The molecule has 2 rings (SSSR count). The molecule has 10 atom stereocenters. The lowest BCUT2D eigenvalue weighted by Gasteiger charge is -2.39. The summed E-state index contributed by atoms with van der Waals surface area (Å²) in [5.41, 5.74) is 7.08. The first-order chi connectivity index (χ1) is 23.1. The van der Waals surface area contributed by atoms with Crippen molar-refractivity contribution in [3.05, 3.63) is 35.9 Å². The Balaban J connectivity index is 2.19. The molecular formula is C36H62N6O7. The van der Waals surface area contributed by atoms with E-state index in [1.54, 1.807) is 49.9 Å². The third kappa shape index (κ3) is 11.2. The lowest BCUT2D eigenvalue weighted by atomic mass is 9.90. The summed E-state index contributed by atoms with van der Waals surface area (Å²) in [6, 6.07) is 6.88. The van der Waals surface area contributed by atoms with Crippen LogP contribution in [0, 0.1) is 17.8 Å². The molecule has 1 aliphatic heterocycles. The normalized spacial score (nSPS) is 21.2. The third-order valence-electron chi connectivity index (χ3n) is 10.0. The second-order valence-corrected chi connectivity index (χ2v) is 13.8. The van der Waals surface area contributed by atoms with Crippen LogP contribution in [0.1, 0.15) is 72.5 Å². The zero-order chi connectivity index (χ0) is 37.0. The van der Waals surface area contributed by atoms with Crippen molar-refractivity contribution in [3.63, 3.8) is 0 Å². The van der Waals surface area contributed by atoms with Crippen LogP contribution in [0.5, 0.6) is 0 Å². The molecule has 0 saturated carbocycles. The van der Waals surface area contributed by atoms with E-state index in [4.69, 9.17) is 15.2 Å². The summed E-state index contributed by atoms with van der Waals surface area (Å²) >= 11 is 0. The van der Waals surface area contributed by atoms with E-state index in [0.717, 1.165) is 6.42 Å². The molecule has 0 aromatic heterocycles. The van der Waals surface area contributed by atoms with Crippen molar-refractivity contribution in [3.8, 4) is 0 Å². The third-order valence-corrected chi connectivity index (χ3v) is 10.0. The van der Waals surface area contributed by atoms with Crippen LogP contribution in [0.3, 0.4) is 0 Å². The van der Waals surface area contributed by atoms with Gasteiger partial charge in [0.2, 0.25) is 23.6 Å². The number of nitrogens with zero attached hydrogens (tertiary/aromatic N) is 2. The first kappa shape index (κ1) is 42.1. The molecular weight excluding hydrogens is 628 g/mol. The Bertz CT molecular complexity index is 1200.